The van der Waals surface area contributed by atoms with Gasteiger partial charge in [0.1, 0.15) is 6.10 Å². The Morgan fingerprint density at radius 2 is 1.63 bits per heavy atom. The summed E-state index contributed by atoms with van der Waals surface area (Å²) in [5.74, 6) is -2.62. The molecule has 2 aromatic rings. The predicted molar refractivity (Wildman–Crippen MR) is 108 cm³/mol. The van der Waals surface area contributed by atoms with Gasteiger partial charge in [-0.25, -0.2) is 0 Å². The normalized spacial score (nSPS) is 31.1. The Bertz CT molecular complexity index is 1160. The lowest BCUT2D eigenvalue weighted by Crippen LogP contribution is -2.57. The molecule has 0 spiro atoms. The molecule has 2 aromatic carbocycles. The number of nitriles is 3. The van der Waals surface area contributed by atoms with E-state index < -0.39 is 34.5 Å². The highest BCUT2D eigenvalue weighted by atomic mass is 16.7. The van der Waals surface area contributed by atoms with Crippen molar-refractivity contribution in [2.24, 2.45) is 16.7 Å². The van der Waals surface area contributed by atoms with Crippen LogP contribution in [0.4, 0.5) is 0 Å². The van der Waals surface area contributed by atoms with Gasteiger partial charge in [0, 0.05) is 5.56 Å². The van der Waals surface area contributed by atoms with Gasteiger partial charge in [0.15, 0.2) is 5.41 Å². The van der Waals surface area contributed by atoms with Gasteiger partial charge >= 0.3 is 0 Å². The van der Waals surface area contributed by atoms with Crippen LogP contribution in [0, 0.1) is 70.0 Å². The second-order valence-corrected chi connectivity index (χ2v) is 8.00. The summed E-state index contributed by atoms with van der Waals surface area (Å²) < 4.78 is 12.5. The van der Waals surface area contributed by atoms with E-state index in [1.54, 1.807) is 6.92 Å². The van der Waals surface area contributed by atoms with Crippen molar-refractivity contribution < 1.29 is 9.47 Å². The molecule has 0 radical (unpaired) electrons. The van der Waals surface area contributed by atoms with Crippen molar-refractivity contribution in [3.63, 3.8) is 0 Å². The summed E-state index contributed by atoms with van der Waals surface area (Å²) in [6.45, 7) is 5.49. The molecule has 2 aliphatic rings. The highest BCUT2D eigenvalue weighted by Crippen LogP contribution is 2.69. The standard InChI is InChI=1S/C24H20N4O2/c1-15-9-10-16(2)19(11-15)20-22(12-25,13-26)23(14-27)17(3)24(29-20,30-21(23)28)18-7-5-4-6-8-18/h4-11,17,20,28H,1-3H3. The van der Waals surface area contributed by atoms with Gasteiger partial charge in [-0.3, -0.25) is 5.41 Å². The molecule has 2 bridgehead atoms. The van der Waals surface area contributed by atoms with E-state index in [4.69, 9.17) is 14.9 Å². The van der Waals surface area contributed by atoms with Crippen molar-refractivity contribution in [3.8, 4) is 18.2 Å². The number of aryl methyl sites for hydroxylation is 2. The molecule has 0 aliphatic carbocycles. The molecule has 0 aromatic heterocycles. The third-order valence-corrected chi connectivity index (χ3v) is 6.56. The fraction of sp³-hybridized carbons (Fsp3) is 0.333. The number of fused-ring (bicyclic) bond motifs is 2. The Hall–Kier alpha value is -3.66. The van der Waals surface area contributed by atoms with E-state index in [2.05, 4.69) is 18.2 Å². The third kappa shape index (κ3) is 2.11. The minimum atomic E-state index is -1.95. The zero-order valence-corrected chi connectivity index (χ0v) is 16.9. The fourth-order valence-electron chi connectivity index (χ4n) is 4.86. The first-order chi connectivity index (χ1) is 14.3. The first-order valence-electron chi connectivity index (χ1n) is 9.65. The van der Waals surface area contributed by atoms with Crippen molar-refractivity contribution in [1.29, 1.82) is 21.2 Å². The maximum atomic E-state index is 10.3. The average Bonchev–Trinajstić information content (AvgIpc) is 2.92. The van der Waals surface area contributed by atoms with Gasteiger partial charge in [0.05, 0.1) is 24.1 Å². The van der Waals surface area contributed by atoms with Gasteiger partial charge in [-0.15, -0.1) is 0 Å². The quantitative estimate of drug-likeness (QED) is 0.807. The first-order valence-corrected chi connectivity index (χ1v) is 9.65. The average molecular weight is 396 g/mol. The Morgan fingerprint density at radius 3 is 2.23 bits per heavy atom. The molecule has 0 saturated carbocycles. The highest BCUT2D eigenvalue weighted by Gasteiger charge is 2.79. The van der Waals surface area contributed by atoms with Crippen LogP contribution in [0.25, 0.3) is 0 Å². The molecular weight excluding hydrogens is 376 g/mol. The third-order valence-electron chi connectivity index (χ3n) is 6.56. The van der Waals surface area contributed by atoms with Gasteiger partial charge in [0.2, 0.25) is 17.1 Å². The fourth-order valence-corrected chi connectivity index (χ4v) is 4.86. The summed E-state index contributed by atoms with van der Waals surface area (Å²) in [6.07, 6.45) is -1.08. The van der Waals surface area contributed by atoms with Crippen LogP contribution in [-0.4, -0.2) is 5.90 Å². The second-order valence-electron chi connectivity index (χ2n) is 8.00. The molecule has 1 N–H and O–H groups in total. The molecule has 30 heavy (non-hydrogen) atoms. The van der Waals surface area contributed by atoms with Crippen LogP contribution in [0.15, 0.2) is 48.5 Å². The monoisotopic (exact) mass is 396 g/mol. The molecular formula is C24H20N4O2. The topological polar surface area (TPSA) is 114 Å². The number of rotatable bonds is 2. The number of hydrogen-bond acceptors (Lipinski definition) is 6. The number of ether oxygens (including phenoxy) is 2. The lowest BCUT2D eigenvalue weighted by Gasteiger charge is -2.49. The van der Waals surface area contributed by atoms with Gasteiger partial charge in [-0.1, -0.05) is 61.0 Å². The molecule has 6 nitrogen and oxygen atoms in total. The van der Waals surface area contributed by atoms with Crippen LogP contribution in [0.2, 0.25) is 0 Å². The van der Waals surface area contributed by atoms with Crippen molar-refractivity contribution in [2.45, 2.75) is 32.7 Å². The predicted octanol–water partition coefficient (Wildman–Crippen LogP) is 4.41. The Balaban J connectivity index is 2.08. The molecule has 4 unspecified atom stereocenters. The number of hydrogen-bond donors (Lipinski definition) is 1. The van der Waals surface area contributed by atoms with E-state index in [-0.39, 0.29) is 0 Å². The molecule has 2 fully saturated rings. The molecule has 2 heterocycles. The highest BCUT2D eigenvalue weighted by molar-refractivity contribution is 5.89. The summed E-state index contributed by atoms with van der Waals surface area (Å²) in [6, 6.07) is 21.1. The first kappa shape index (κ1) is 19.6. The van der Waals surface area contributed by atoms with Gasteiger partial charge < -0.3 is 9.47 Å². The SMILES string of the molecule is Cc1ccc(C)c(C2OC3(c4ccccc4)OC(=N)C(C#N)(C3C)C2(C#N)C#N)c1. The minimum Gasteiger partial charge on any atom is -0.443 e. The lowest BCUT2D eigenvalue weighted by atomic mass is 9.53. The molecule has 6 heteroatoms. The largest absolute Gasteiger partial charge is 0.443 e. The molecule has 148 valence electrons. The van der Waals surface area contributed by atoms with E-state index in [0.29, 0.717) is 11.1 Å². The van der Waals surface area contributed by atoms with Crippen LogP contribution in [0.3, 0.4) is 0 Å². The van der Waals surface area contributed by atoms with Gasteiger partial charge in [0.25, 0.3) is 0 Å². The Kier molecular flexibility index (Phi) is 4.21. The Morgan fingerprint density at radius 1 is 0.967 bits per heavy atom. The number of benzene rings is 2. The van der Waals surface area contributed by atoms with E-state index in [1.807, 2.05) is 62.4 Å². The van der Waals surface area contributed by atoms with Crippen molar-refractivity contribution in [2.75, 3.05) is 0 Å². The van der Waals surface area contributed by atoms with Crippen LogP contribution in [0.5, 0.6) is 0 Å². The molecule has 0 amide bonds. The lowest BCUT2D eigenvalue weighted by molar-refractivity contribution is -0.288. The van der Waals surface area contributed by atoms with Crippen molar-refractivity contribution >= 4 is 5.90 Å². The molecule has 4 rings (SSSR count). The zero-order chi connectivity index (χ0) is 21.7. The Labute approximate surface area is 175 Å². The maximum Gasteiger partial charge on any atom is 0.244 e. The number of nitrogens with zero attached hydrogens (tertiary/aromatic N) is 3. The minimum absolute atomic E-state index is 0.405. The van der Waals surface area contributed by atoms with Crippen LogP contribution in [0.1, 0.15) is 35.3 Å². The molecule has 4 atom stereocenters. The van der Waals surface area contributed by atoms with E-state index in [1.165, 1.54) is 0 Å². The summed E-state index contributed by atoms with van der Waals surface area (Å²) >= 11 is 0. The van der Waals surface area contributed by atoms with Crippen LogP contribution in [-0.2, 0) is 15.3 Å². The summed E-state index contributed by atoms with van der Waals surface area (Å²) in [7, 11) is 0. The number of nitrogens with one attached hydrogen (secondary N) is 1. The summed E-state index contributed by atoms with van der Waals surface area (Å²) in [5.41, 5.74) is -0.692. The zero-order valence-electron chi connectivity index (χ0n) is 16.9. The maximum absolute atomic E-state index is 10.3. The van der Waals surface area contributed by atoms with E-state index in [9.17, 15) is 15.8 Å². The van der Waals surface area contributed by atoms with Crippen LogP contribution < -0.4 is 0 Å². The second kappa shape index (κ2) is 6.42. The van der Waals surface area contributed by atoms with Crippen molar-refractivity contribution in [1.82, 2.24) is 0 Å². The molecule has 2 saturated heterocycles. The van der Waals surface area contributed by atoms with Gasteiger partial charge in [-0.05, 0) is 25.0 Å². The van der Waals surface area contributed by atoms with E-state index >= 15 is 0 Å². The van der Waals surface area contributed by atoms with Gasteiger partial charge in [-0.2, -0.15) is 15.8 Å². The van der Waals surface area contributed by atoms with Crippen LogP contribution >= 0.6 is 0 Å². The van der Waals surface area contributed by atoms with E-state index in [0.717, 1.165) is 11.1 Å². The van der Waals surface area contributed by atoms with Crippen molar-refractivity contribution in [3.05, 3.63) is 70.8 Å². The smallest absolute Gasteiger partial charge is 0.244 e. The summed E-state index contributed by atoms with van der Waals surface area (Å²) in [4.78, 5) is 0. The summed E-state index contributed by atoms with van der Waals surface area (Å²) in [5, 5.41) is 39.5. The molecule has 2 aliphatic heterocycles.